The summed E-state index contributed by atoms with van der Waals surface area (Å²) in [5.74, 6) is 0.866. The summed E-state index contributed by atoms with van der Waals surface area (Å²) >= 11 is 2.77. The van der Waals surface area contributed by atoms with Gasteiger partial charge in [-0.25, -0.2) is 8.42 Å². The highest BCUT2D eigenvalue weighted by Crippen LogP contribution is 2.37. The first-order chi connectivity index (χ1) is 11.2. The SMILES string of the molecule is O=S(=O)(c1cccs1)N1CCCC1c1nc(-c2ccsc2)no1. The highest BCUT2D eigenvalue weighted by Gasteiger charge is 2.39. The molecule has 4 heterocycles. The minimum absolute atomic E-state index is 0.349. The van der Waals surface area contributed by atoms with E-state index in [1.807, 2.05) is 16.8 Å². The molecule has 3 aromatic rings. The van der Waals surface area contributed by atoms with Crippen LogP contribution in [0.3, 0.4) is 0 Å². The van der Waals surface area contributed by atoms with Crippen LogP contribution in [0.5, 0.6) is 0 Å². The van der Waals surface area contributed by atoms with E-state index < -0.39 is 10.0 Å². The van der Waals surface area contributed by atoms with Gasteiger partial charge in [0.25, 0.3) is 10.0 Å². The Morgan fingerprint density at radius 1 is 1.30 bits per heavy atom. The summed E-state index contributed by atoms with van der Waals surface area (Å²) in [6, 6.07) is 4.89. The predicted octanol–water partition coefficient (Wildman–Crippen LogP) is 3.39. The van der Waals surface area contributed by atoms with Crippen molar-refractivity contribution in [2.75, 3.05) is 6.54 Å². The average Bonchev–Trinajstić information content (AvgIpc) is 3.36. The Hall–Kier alpha value is -1.55. The van der Waals surface area contributed by atoms with Gasteiger partial charge in [-0.2, -0.15) is 20.6 Å². The largest absolute Gasteiger partial charge is 0.337 e. The molecule has 1 saturated heterocycles. The van der Waals surface area contributed by atoms with Crippen molar-refractivity contribution >= 4 is 32.7 Å². The molecule has 1 atom stereocenters. The second-order valence-corrected chi connectivity index (χ2v) is 9.02. The fourth-order valence-electron chi connectivity index (χ4n) is 2.68. The lowest BCUT2D eigenvalue weighted by Crippen LogP contribution is -2.30. The van der Waals surface area contributed by atoms with Crippen LogP contribution < -0.4 is 0 Å². The number of rotatable bonds is 4. The molecular weight excluding hydrogens is 354 g/mol. The van der Waals surface area contributed by atoms with E-state index in [9.17, 15) is 8.42 Å². The number of nitrogens with zero attached hydrogens (tertiary/aromatic N) is 3. The molecule has 0 saturated carbocycles. The maximum absolute atomic E-state index is 12.8. The number of hydrogen-bond acceptors (Lipinski definition) is 7. The first-order valence-electron chi connectivity index (χ1n) is 7.08. The van der Waals surface area contributed by atoms with E-state index in [2.05, 4.69) is 10.1 Å². The van der Waals surface area contributed by atoms with Crippen LogP contribution in [0.1, 0.15) is 24.8 Å². The van der Waals surface area contributed by atoms with E-state index in [1.54, 1.807) is 28.8 Å². The molecule has 0 N–H and O–H groups in total. The molecule has 4 rings (SSSR count). The van der Waals surface area contributed by atoms with Crippen molar-refractivity contribution < 1.29 is 12.9 Å². The van der Waals surface area contributed by atoms with Crippen molar-refractivity contribution in [1.82, 2.24) is 14.4 Å². The molecule has 1 aliphatic heterocycles. The summed E-state index contributed by atoms with van der Waals surface area (Å²) in [4.78, 5) is 4.41. The minimum Gasteiger partial charge on any atom is -0.337 e. The lowest BCUT2D eigenvalue weighted by molar-refractivity contribution is 0.291. The van der Waals surface area contributed by atoms with E-state index in [4.69, 9.17) is 4.52 Å². The van der Waals surface area contributed by atoms with Crippen LogP contribution in [-0.4, -0.2) is 29.4 Å². The van der Waals surface area contributed by atoms with Gasteiger partial charge in [0, 0.05) is 17.5 Å². The van der Waals surface area contributed by atoms with E-state index in [0.29, 0.717) is 28.9 Å². The topological polar surface area (TPSA) is 76.3 Å². The Balaban J connectivity index is 1.66. The van der Waals surface area contributed by atoms with E-state index >= 15 is 0 Å². The standard InChI is InChI=1S/C14H13N3O3S3/c18-23(19,12-4-2-7-22-12)17-6-1-3-11(17)14-15-13(16-20-14)10-5-8-21-9-10/h2,4-5,7-9,11H,1,3,6H2. The van der Waals surface area contributed by atoms with E-state index in [1.165, 1.54) is 15.6 Å². The lowest BCUT2D eigenvalue weighted by atomic mass is 10.2. The molecule has 120 valence electrons. The fraction of sp³-hybridized carbons (Fsp3) is 0.286. The molecule has 0 radical (unpaired) electrons. The van der Waals surface area contributed by atoms with Gasteiger partial charge in [0.1, 0.15) is 10.3 Å². The zero-order valence-corrected chi connectivity index (χ0v) is 14.4. The predicted molar refractivity (Wildman–Crippen MR) is 87.8 cm³/mol. The number of aromatic nitrogens is 2. The van der Waals surface area contributed by atoms with Crippen LogP contribution in [0.25, 0.3) is 11.4 Å². The van der Waals surface area contributed by atoms with Gasteiger partial charge in [0.15, 0.2) is 0 Å². The van der Waals surface area contributed by atoms with Gasteiger partial charge in [0.05, 0.1) is 0 Å². The first-order valence-corrected chi connectivity index (χ1v) is 10.3. The summed E-state index contributed by atoms with van der Waals surface area (Å²) in [6.07, 6.45) is 1.47. The summed E-state index contributed by atoms with van der Waals surface area (Å²) < 4.78 is 32.7. The summed E-state index contributed by atoms with van der Waals surface area (Å²) in [6.45, 7) is 0.473. The second-order valence-electron chi connectivity index (χ2n) is 5.17. The molecule has 6 nitrogen and oxygen atoms in total. The van der Waals surface area contributed by atoms with Crippen LogP contribution in [0.4, 0.5) is 0 Å². The van der Waals surface area contributed by atoms with Crippen LogP contribution in [0, 0.1) is 0 Å². The zero-order valence-electron chi connectivity index (χ0n) is 12.0. The van der Waals surface area contributed by atoms with Crippen molar-refractivity contribution in [3.63, 3.8) is 0 Å². The number of hydrogen-bond donors (Lipinski definition) is 0. The van der Waals surface area contributed by atoms with Crippen molar-refractivity contribution in [3.8, 4) is 11.4 Å². The summed E-state index contributed by atoms with van der Waals surface area (Å²) in [5.41, 5.74) is 0.885. The molecule has 1 aliphatic rings. The van der Waals surface area contributed by atoms with Crippen LogP contribution in [-0.2, 0) is 10.0 Å². The third-order valence-corrected chi connectivity index (χ3v) is 7.73. The second kappa shape index (κ2) is 5.82. The Kier molecular flexibility index (Phi) is 3.80. The van der Waals surface area contributed by atoms with Crippen LogP contribution in [0.15, 0.2) is 43.1 Å². The van der Waals surface area contributed by atoms with Crippen molar-refractivity contribution in [2.45, 2.75) is 23.1 Å². The molecule has 0 aromatic carbocycles. The first kappa shape index (κ1) is 15.0. The molecule has 1 fully saturated rings. The summed E-state index contributed by atoms with van der Waals surface area (Å²) in [5, 5.41) is 9.62. The quantitative estimate of drug-likeness (QED) is 0.706. The average molecular weight is 367 g/mol. The molecule has 0 aliphatic carbocycles. The Morgan fingerprint density at radius 3 is 2.96 bits per heavy atom. The molecule has 0 bridgehead atoms. The smallest absolute Gasteiger partial charge is 0.253 e. The third-order valence-electron chi connectivity index (χ3n) is 3.77. The fourth-order valence-corrected chi connectivity index (χ4v) is 6.08. The molecule has 9 heteroatoms. The van der Waals surface area contributed by atoms with Crippen molar-refractivity contribution in [1.29, 1.82) is 0 Å². The van der Waals surface area contributed by atoms with Gasteiger partial charge in [-0.15, -0.1) is 11.3 Å². The maximum Gasteiger partial charge on any atom is 0.253 e. The lowest BCUT2D eigenvalue weighted by Gasteiger charge is -2.20. The highest BCUT2D eigenvalue weighted by atomic mass is 32.2. The van der Waals surface area contributed by atoms with Gasteiger partial charge < -0.3 is 4.52 Å². The Bertz CT molecular complexity index is 885. The molecule has 23 heavy (non-hydrogen) atoms. The van der Waals surface area contributed by atoms with Crippen LogP contribution in [0.2, 0.25) is 0 Å². The van der Waals surface area contributed by atoms with E-state index in [0.717, 1.165) is 12.0 Å². The van der Waals surface area contributed by atoms with Crippen LogP contribution >= 0.6 is 22.7 Å². The number of sulfonamides is 1. The third kappa shape index (κ3) is 2.63. The monoisotopic (exact) mass is 367 g/mol. The Labute approximate surface area is 141 Å². The maximum atomic E-state index is 12.8. The highest BCUT2D eigenvalue weighted by molar-refractivity contribution is 7.91. The minimum atomic E-state index is -3.51. The van der Waals surface area contributed by atoms with Gasteiger partial charge in [-0.05, 0) is 35.7 Å². The van der Waals surface area contributed by atoms with Gasteiger partial charge in [0.2, 0.25) is 11.7 Å². The van der Waals surface area contributed by atoms with E-state index in [-0.39, 0.29) is 6.04 Å². The van der Waals surface area contributed by atoms with Gasteiger partial charge in [-0.1, -0.05) is 11.2 Å². The molecule has 1 unspecified atom stereocenters. The van der Waals surface area contributed by atoms with Crippen molar-refractivity contribution in [2.24, 2.45) is 0 Å². The normalized spacial score (nSPS) is 19.4. The zero-order chi connectivity index (χ0) is 15.9. The van der Waals surface area contributed by atoms with Crippen molar-refractivity contribution in [3.05, 3.63) is 40.2 Å². The molecule has 0 spiro atoms. The summed E-state index contributed by atoms with van der Waals surface area (Å²) in [7, 11) is -3.51. The molecule has 3 aromatic heterocycles. The Morgan fingerprint density at radius 2 is 2.22 bits per heavy atom. The van der Waals surface area contributed by atoms with Gasteiger partial charge in [-0.3, -0.25) is 0 Å². The number of thiophene rings is 2. The molecular formula is C14H13N3O3S3. The molecule has 0 amide bonds. The van der Waals surface area contributed by atoms with Gasteiger partial charge >= 0.3 is 0 Å².